The number of benzene rings is 1. The van der Waals surface area contributed by atoms with Gasteiger partial charge in [-0.1, -0.05) is 29.3 Å². The van der Waals surface area contributed by atoms with Crippen molar-refractivity contribution >= 4 is 29.1 Å². The number of nitrogens with one attached hydrogen (secondary N) is 1. The molecule has 0 radical (unpaired) electrons. The van der Waals surface area contributed by atoms with E-state index in [1.807, 2.05) is 0 Å². The van der Waals surface area contributed by atoms with Crippen molar-refractivity contribution in [2.75, 3.05) is 7.11 Å². The maximum absolute atomic E-state index is 11.2. The summed E-state index contributed by atoms with van der Waals surface area (Å²) in [6.07, 6.45) is 0.104. The van der Waals surface area contributed by atoms with Gasteiger partial charge in [0.25, 0.3) is 0 Å². The van der Waals surface area contributed by atoms with Crippen LogP contribution < -0.4 is 5.48 Å². The lowest BCUT2D eigenvalue weighted by Crippen LogP contribution is -2.23. The van der Waals surface area contributed by atoms with Crippen LogP contribution in [0, 0.1) is 0 Å². The third-order valence-electron chi connectivity index (χ3n) is 1.61. The molecule has 1 aromatic carbocycles. The predicted octanol–water partition coefficient (Wildman–Crippen LogP) is 2.21. The molecule has 0 aliphatic rings. The van der Waals surface area contributed by atoms with Crippen LogP contribution in [0.4, 0.5) is 0 Å². The van der Waals surface area contributed by atoms with Crippen LogP contribution in [0.1, 0.15) is 5.56 Å². The highest BCUT2D eigenvalue weighted by Crippen LogP contribution is 2.24. The van der Waals surface area contributed by atoms with E-state index in [1.54, 1.807) is 18.2 Å². The van der Waals surface area contributed by atoms with Crippen molar-refractivity contribution in [1.29, 1.82) is 0 Å². The fourth-order valence-corrected chi connectivity index (χ4v) is 1.54. The highest BCUT2D eigenvalue weighted by molar-refractivity contribution is 6.36. The summed E-state index contributed by atoms with van der Waals surface area (Å²) in [5.41, 5.74) is 2.79. The first-order valence-electron chi connectivity index (χ1n) is 3.90. The van der Waals surface area contributed by atoms with Crippen molar-refractivity contribution in [1.82, 2.24) is 5.48 Å². The Morgan fingerprint density at radius 1 is 1.43 bits per heavy atom. The van der Waals surface area contributed by atoms with E-state index in [2.05, 4.69) is 10.3 Å². The van der Waals surface area contributed by atoms with Crippen LogP contribution >= 0.6 is 23.2 Å². The van der Waals surface area contributed by atoms with Crippen molar-refractivity contribution in [2.45, 2.75) is 6.42 Å². The standard InChI is InChI=1S/C9H9Cl2NO2/c1-14-12-9(13)5-6-7(10)3-2-4-8(6)11/h2-4H,5H2,1H3,(H,12,13). The number of hydroxylamine groups is 1. The number of rotatable bonds is 3. The molecule has 0 aromatic heterocycles. The molecule has 0 aliphatic heterocycles. The Morgan fingerprint density at radius 2 is 2.00 bits per heavy atom. The van der Waals surface area contributed by atoms with Gasteiger partial charge in [0.15, 0.2) is 0 Å². The van der Waals surface area contributed by atoms with Gasteiger partial charge in [-0.25, -0.2) is 5.48 Å². The molecule has 0 saturated carbocycles. The summed E-state index contributed by atoms with van der Waals surface area (Å²) in [7, 11) is 1.37. The number of hydrogen-bond donors (Lipinski definition) is 1. The number of hydrogen-bond acceptors (Lipinski definition) is 2. The molecule has 1 amide bonds. The van der Waals surface area contributed by atoms with Gasteiger partial charge in [-0.15, -0.1) is 0 Å². The number of halogens is 2. The molecule has 1 rings (SSSR count). The average molecular weight is 234 g/mol. The Bertz CT molecular complexity index is 321. The molecule has 0 saturated heterocycles. The van der Waals surface area contributed by atoms with Crippen LogP contribution in [0.25, 0.3) is 0 Å². The Labute approximate surface area is 91.9 Å². The molecule has 0 spiro atoms. The van der Waals surface area contributed by atoms with Crippen LogP contribution in [-0.4, -0.2) is 13.0 Å². The summed E-state index contributed by atoms with van der Waals surface area (Å²) in [5.74, 6) is -0.289. The molecular weight excluding hydrogens is 225 g/mol. The fourth-order valence-electron chi connectivity index (χ4n) is 1.01. The van der Waals surface area contributed by atoms with Gasteiger partial charge < -0.3 is 0 Å². The molecule has 5 heteroatoms. The summed E-state index contributed by atoms with van der Waals surface area (Å²) in [4.78, 5) is 15.6. The summed E-state index contributed by atoms with van der Waals surface area (Å²) in [6, 6.07) is 5.09. The van der Waals surface area contributed by atoms with Gasteiger partial charge in [0, 0.05) is 10.0 Å². The average Bonchev–Trinajstić information content (AvgIpc) is 2.12. The first-order valence-corrected chi connectivity index (χ1v) is 4.65. The van der Waals surface area contributed by atoms with E-state index >= 15 is 0 Å². The van der Waals surface area contributed by atoms with E-state index in [0.29, 0.717) is 15.6 Å². The Hall–Kier alpha value is -0.770. The topological polar surface area (TPSA) is 38.3 Å². The first-order chi connectivity index (χ1) is 6.65. The van der Waals surface area contributed by atoms with Crippen molar-refractivity contribution in [2.24, 2.45) is 0 Å². The summed E-state index contributed by atoms with van der Waals surface area (Å²) < 4.78 is 0. The Kier molecular flexibility index (Phi) is 4.20. The summed E-state index contributed by atoms with van der Waals surface area (Å²) >= 11 is 11.7. The summed E-state index contributed by atoms with van der Waals surface area (Å²) in [6.45, 7) is 0. The van der Waals surface area contributed by atoms with Crippen LogP contribution in [0.2, 0.25) is 10.0 Å². The van der Waals surface area contributed by atoms with Crippen molar-refractivity contribution < 1.29 is 9.63 Å². The van der Waals surface area contributed by atoms with E-state index in [9.17, 15) is 4.79 Å². The van der Waals surface area contributed by atoms with E-state index in [-0.39, 0.29) is 12.3 Å². The van der Waals surface area contributed by atoms with Crippen LogP contribution in [0.15, 0.2) is 18.2 Å². The largest absolute Gasteiger partial charge is 0.277 e. The van der Waals surface area contributed by atoms with E-state index < -0.39 is 0 Å². The third kappa shape index (κ3) is 2.87. The highest BCUT2D eigenvalue weighted by Gasteiger charge is 2.09. The van der Waals surface area contributed by atoms with Gasteiger partial charge in [0.05, 0.1) is 13.5 Å². The van der Waals surface area contributed by atoms with Gasteiger partial charge in [0.2, 0.25) is 5.91 Å². The molecule has 0 atom stereocenters. The zero-order chi connectivity index (χ0) is 10.6. The lowest BCUT2D eigenvalue weighted by molar-refractivity contribution is -0.130. The van der Waals surface area contributed by atoms with Crippen LogP contribution in [0.5, 0.6) is 0 Å². The maximum atomic E-state index is 11.2. The minimum atomic E-state index is -0.289. The van der Waals surface area contributed by atoms with E-state index in [4.69, 9.17) is 23.2 Å². The molecule has 3 nitrogen and oxygen atoms in total. The van der Waals surface area contributed by atoms with E-state index in [0.717, 1.165) is 0 Å². The minimum Gasteiger partial charge on any atom is -0.277 e. The van der Waals surface area contributed by atoms with Gasteiger partial charge in [-0.05, 0) is 17.7 Å². The maximum Gasteiger partial charge on any atom is 0.248 e. The van der Waals surface area contributed by atoms with Crippen molar-refractivity contribution in [3.05, 3.63) is 33.8 Å². The molecule has 0 bridgehead atoms. The fraction of sp³-hybridized carbons (Fsp3) is 0.222. The molecular formula is C9H9Cl2NO2. The van der Waals surface area contributed by atoms with Crippen LogP contribution in [0.3, 0.4) is 0 Å². The SMILES string of the molecule is CONC(=O)Cc1c(Cl)cccc1Cl. The highest BCUT2D eigenvalue weighted by atomic mass is 35.5. The predicted molar refractivity (Wildman–Crippen MR) is 55.3 cm³/mol. The lowest BCUT2D eigenvalue weighted by Gasteiger charge is -2.06. The Morgan fingerprint density at radius 3 is 2.50 bits per heavy atom. The summed E-state index contributed by atoms with van der Waals surface area (Å²) in [5, 5.41) is 0.951. The molecule has 0 unspecified atom stereocenters. The number of amides is 1. The van der Waals surface area contributed by atoms with E-state index in [1.165, 1.54) is 7.11 Å². The molecule has 14 heavy (non-hydrogen) atoms. The van der Waals surface area contributed by atoms with Gasteiger partial charge >= 0.3 is 0 Å². The zero-order valence-corrected chi connectivity index (χ0v) is 9.02. The van der Waals surface area contributed by atoms with Gasteiger partial charge in [-0.2, -0.15) is 0 Å². The normalized spacial score (nSPS) is 9.93. The zero-order valence-electron chi connectivity index (χ0n) is 7.51. The second-order valence-corrected chi connectivity index (χ2v) is 3.42. The second kappa shape index (κ2) is 5.20. The van der Waals surface area contributed by atoms with Crippen LogP contribution in [-0.2, 0) is 16.1 Å². The molecule has 1 aromatic rings. The monoisotopic (exact) mass is 233 g/mol. The van der Waals surface area contributed by atoms with Crippen molar-refractivity contribution in [3.63, 3.8) is 0 Å². The van der Waals surface area contributed by atoms with Gasteiger partial charge in [-0.3, -0.25) is 9.63 Å². The van der Waals surface area contributed by atoms with Gasteiger partial charge in [0.1, 0.15) is 0 Å². The number of carbonyl (C=O) groups excluding carboxylic acids is 1. The minimum absolute atomic E-state index is 0.104. The van der Waals surface area contributed by atoms with Crippen molar-refractivity contribution in [3.8, 4) is 0 Å². The second-order valence-electron chi connectivity index (χ2n) is 2.61. The Balaban J connectivity index is 2.80. The molecule has 1 N–H and O–H groups in total. The number of carbonyl (C=O) groups is 1. The first kappa shape index (κ1) is 11.3. The quantitative estimate of drug-likeness (QED) is 0.814. The molecule has 0 aliphatic carbocycles. The molecule has 0 heterocycles. The smallest absolute Gasteiger partial charge is 0.248 e. The lowest BCUT2D eigenvalue weighted by atomic mass is 10.1. The third-order valence-corrected chi connectivity index (χ3v) is 2.32. The molecule has 76 valence electrons. The molecule has 0 fully saturated rings.